The van der Waals surface area contributed by atoms with Gasteiger partial charge in [-0.25, -0.2) is 0 Å². The van der Waals surface area contributed by atoms with E-state index in [0.717, 1.165) is 33.9 Å². The smallest absolute Gasteiger partial charge is 0.192 e. The lowest BCUT2D eigenvalue weighted by atomic mass is 10.1. The number of ether oxygens (including phenoxy) is 1. The average Bonchev–Trinajstić information content (AvgIpc) is 2.79. The van der Waals surface area contributed by atoms with Crippen molar-refractivity contribution in [1.82, 2.24) is 4.90 Å². The number of benzene rings is 1. The second-order valence-electron chi connectivity index (χ2n) is 5.16. The zero-order chi connectivity index (χ0) is 17.0. The fourth-order valence-electron chi connectivity index (χ4n) is 2.26. The van der Waals surface area contributed by atoms with E-state index in [4.69, 9.17) is 16.3 Å². The van der Waals surface area contributed by atoms with Gasteiger partial charge in [-0.3, -0.25) is 4.79 Å². The number of carbonyl (C=O) groups is 1. The molecule has 3 nitrogen and oxygen atoms in total. The SMILES string of the molecule is CCCCN1C(C)=C(Br)S/C1=C\C(=O)c1cc(Cl)ccc1OC. The van der Waals surface area contributed by atoms with Crippen LogP contribution in [0.2, 0.25) is 5.02 Å². The van der Waals surface area contributed by atoms with Crippen LogP contribution in [0.15, 0.2) is 38.8 Å². The molecule has 0 fully saturated rings. The molecule has 0 amide bonds. The summed E-state index contributed by atoms with van der Waals surface area (Å²) in [5, 5.41) is 1.44. The van der Waals surface area contributed by atoms with E-state index in [1.54, 1.807) is 43.1 Å². The van der Waals surface area contributed by atoms with E-state index in [-0.39, 0.29) is 5.78 Å². The molecule has 1 heterocycles. The van der Waals surface area contributed by atoms with Gasteiger partial charge in [-0.15, -0.1) is 0 Å². The predicted molar refractivity (Wildman–Crippen MR) is 101 cm³/mol. The van der Waals surface area contributed by atoms with Crippen LogP contribution in [0.25, 0.3) is 0 Å². The summed E-state index contributed by atoms with van der Waals surface area (Å²) in [6, 6.07) is 5.07. The zero-order valence-electron chi connectivity index (χ0n) is 13.4. The van der Waals surface area contributed by atoms with E-state index in [0.29, 0.717) is 16.3 Å². The van der Waals surface area contributed by atoms with Crippen LogP contribution < -0.4 is 4.74 Å². The number of unbranched alkanes of at least 4 members (excludes halogenated alkanes) is 1. The van der Waals surface area contributed by atoms with Gasteiger partial charge in [0.15, 0.2) is 5.78 Å². The Morgan fingerprint density at radius 1 is 1.48 bits per heavy atom. The lowest BCUT2D eigenvalue weighted by Crippen LogP contribution is -2.18. The number of rotatable bonds is 6. The van der Waals surface area contributed by atoms with Gasteiger partial charge in [0.1, 0.15) is 5.75 Å². The Labute approximate surface area is 154 Å². The van der Waals surface area contributed by atoms with Gasteiger partial charge < -0.3 is 9.64 Å². The summed E-state index contributed by atoms with van der Waals surface area (Å²) < 4.78 is 6.32. The Hall–Kier alpha value is -0.910. The fraction of sp³-hybridized carbons (Fsp3) is 0.353. The van der Waals surface area contributed by atoms with Gasteiger partial charge in [0.05, 0.1) is 21.5 Å². The Morgan fingerprint density at radius 3 is 2.87 bits per heavy atom. The monoisotopic (exact) mass is 415 g/mol. The van der Waals surface area contributed by atoms with Crippen LogP contribution in [0.4, 0.5) is 0 Å². The molecule has 124 valence electrons. The van der Waals surface area contributed by atoms with Gasteiger partial charge in [0.2, 0.25) is 0 Å². The van der Waals surface area contributed by atoms with Crippen molar-refractivity contribution in [3.05, 3.63) is 49.4 Å². The largest absolute Gasteiger partial charge is 0.496 e. The lowest BCUT2D eigenvalue weighted by Gasteiger charge is -2.20. The third-order valence-corrected chi connectivity index (χ3v) is 5.88. The quantitative estimate of drug-likeness (QED) is 0.432. The molecule has 0 saturated heterocycles. The molecular formula is C17H19BrClNO2S. The van der Waals surface area contributed by atoms with Crippen LogP contribution in [0, 0.1) is 0 Å². The van der Waals surface area contributed by atoms with Crippen molar-refractivity contribution < 1.29 is 9.53 Å². The molecule has 1 aromatic rings. The van der Waals surface area contributed by atoms with E-state index >= 15 is 0 Å². The minimum absolute atomic E-state index is 0.108. The molecule has 2 rings (SSSR count). The summed E-state index contributed by atoms with van der Waals surface area (Å²) in [5.41, 5.74) is 1.62. The standard InChI is InChI=1S/C17H19BrClNO2S/c1-4-5-8-20-11(2)17(18)23-16(20)10-14(21)13-9-12(19)6-7-15(13)22-3/h6-7,9-10H,4-5,8H2,1-3H3/b16-10-. The van der Waals surface area contributed by atoms with Gasteiger partial charge in [-0.05, 0) is 47.5 Å². The number of allylic oxidation sites excluding steroid dienone is 2. The third kappa shape index (κ3) is 4.34. The molecule has 0 radical (unpaired) electrons. The molecule has 1 aliphatic heterocycles. The highest BCUT2D eigenvalue weighted by Crippen LogP contribution is 2.44. The van der Waals surface area contributed by atoms with Crippen LogP contribution >= 0.6 is 39.3 Å². The summed E-state index contributed by atoms with van der Waals surface area (Å²) in [6.07, 6.45) is 3.84. The Kier molecular flexibility index (Phi) is 6.62. The van der Waals surface area contributed by atoms with Crippen molar-refractivity contribution in [3.63, 3.8) is 0 Å². The second kappa shape index (κ2) is 8.27. The van der Waals surface area contributed by atoms with Crippen molar-refractivity contribution >= 4 is 45.1 Å². The molecule has 0 N–H and O–H groups in total. The number of hydrogen-bond donors (Lipinski definition) is 0. The van der Waals surface area contributed by atoms with Gasteiger partial charge in [0.25, 0.3) is 0 Å². The minimum Gasteiger partial charge on any atom is -0.496 e. The number of thioether (sulfide) groups is 1. The molecule has 0 atom stereocenters. The lowest BCUT2D eigenvalue weighted by molar-refractivity contribution is 0.104. The van der Waals surface area contributed by atoms with E-state index < -0.39 is 0 Å². The van der Waals surface area contributed by atoms with E-state index in [1.807, 2.05) is 0 Å². The van der Waals surface area contributed by atoms with Crippen molar-refractivity contribution in [2.45, 2.75) is 26.7 Å². The first kappa shape index (κ1) is 18.4. The fourth-order valence-corrected chi connectivity index (χ4v) is 4.09. The number of hydrogen-bond acceptors (Lipinski definition) is 4. The maximum atomic E-state index is 12.7. The molecule has 0 saturated carbocycles. The normalized spacial score (nSPS) is 16.4. The average molecular weight is 417 g/mol. The molecule has 1 aromatic carbocycles. The number of ketones is 1. The molecule has 0 spiro atoms. The van der Waals surface area contributed by atoms with Gasteiger partial charge in [0, 0.05) is 23.3 Å². The van der Waals surface area contributed by atoms with Crippen LogP contribution in [-0.4, -0.2) is 24.3 Å². The maximum absolute atomic E-state index is 12.7. The molecule has 0 aromatic heterocycles. The molecule has 6 heteroatoms. The Morgan fingerprint density at radius 2 is 2.22 bits per heavy atom. The number of carbonyl (C=O) groups excluding carboxylic acids is 1. The molecule has 23 heavy (non-hydrogen) atoms. The molecule has 0 unspecified atom stereocenters. The number of nitrogens with zero attached hydrogens (tertiary/aromatic N) is 1. The van der Waals surface area contributed by atoms with Crippen molar-refractivity contribution in [2.75, 3.05) is 13.7 Å². The number of halogens is 2. The highest BCUT2D eigenvalue weighted by atomic mass is 79.9. The van der Waals surface area contributed by atoms with Crippen molar-refractivity contribution in [2.24, 2.45) is 0 Å². The highest BCUT2D eigenvalue weighted by Gasteiger charge is 2.25. The summed E-state index contributed by atoms with van der Waals surface area (Å²) in [6.45, 7) is 5.11. The first-order valence-electron chi connectivity index (χ1n) is 7.39. The van der Waals surface area contributed by atoms with Crippen LogP contribution in [-0.2, 0) is 0 Å². The van der Waals surface area contributed by atoms with Crippen LogP contribution in [0.3, 0.4) is 0 Å². The van der Waals surface area contributed by atoms with Gasteiger partial charge >= 0.3 is 0 Å². The minimum atomic E-state index is -0.108. The van der Waals surface area contributed by atoms with E-state index in [9.17, 15) is 4.79 Å². The molecule has 0 aliphatic carbocycles. The number of methoxy groups -OCH3 is 1. The first-order chi connectivity index (χ1) is 11.0. The van der Waals surface area contributed by atoms with Crippen molar-refractivity contribution in [1.29, 1.82) is 0 Å². The maximum Gasteiger partial charge on any atom is 0.192 e. The van der Waals surface area contributed by atoms with Crippen LogP contribution in [0.1, 0.15) is 37.0 Å². The summed E-state index contributed by atoms with van der Waals surface area (Å²) in [4.78, 5) is 14.9. The topological polar surface area (TPSA) is 29.5 Å². The summed E-state index contributed by atoms with van der Waals surface area (Å²) >= 11 is 11.1. The Bertz CT molecular complexity index is 673. The van der Waals surface area contributed by atoms with Crippen LogP contribution in [0.5, 0.6) is 5.75 Å². The Balaban J connectivity index is 2.30. The predicted octanol–water partition coefficient (Wildman–Crippen LogP) is 5.81. The molecular weight excluding hydrogens is 398 g/mol. The second-order valence-corrected chi connectivity index (χ2v) is 7.94. The van der Waals surface area contributed by atoms with Gasteiger partial charge in [-0.2, -0.15) is 0 Å². The molecule has 1 aliphatic rings. The van der Waals surface area contributed by atoms with E-state index in [2.05, 4.69) is 34.7 Å². The van der Waals surface area contributed by atoms with E-state index in [1.165, 1.54) is 0 Å². The highest BCUT2D eigenvalue weighted by molar-refractivity contribution is 9.14. The molecule has 0 bridgehead atoms. The third-order valence-electron chi connectivity index (χ3n) is 3.57. The zero-order valence-corrected chi connectivity index (χ0v) is 16.5. The summed E-state index contributed by atoms with van der Waals surface area (Å²) in [7, 11) is 1.55. The van der Waals surface area contributed by atoms with Gasteiger partial charge in [-0.1, -0.05) is 36.7 Å². The first-order valence-corrected chi connectivity index (χ1v) is 9.38. The van der Waals surface area contributed by atoms with Crippen molar-refractivity contribution in [3.8, 4) is 5.75 Å². The summed E-state index contributed by atoms with van der Waals surface area (Å²) in [5.74, 6) is 0.423.